The maximum Gasteiger partial charge on any atom is 0.170 e. The lowest BCUT2D eigenvalue weighted by Crippen LogP contribution is -2.35. The first-order valence-corrected chi connectivity index (χ1v) is 7.41. The molecule has 5 nitrogen and oxygen atoms in total. The molecule has 1 N–H and O–H groups in total. The topological polar surface area (TPSA) is 55.6 Å². The summed E-state index contributed by atoms with van der Waals surface area (Å²) in [5.74, 6) is 0.814. The molecule has 0 saturated heterocycles. The molecule has 0 aliphatic rings. The fourth-order valence-corrected chi connectivity index (χ4v) is 2.72. The van der Waals surface area contributed by atoms with Gasteiger partial charge < -0.3 is 5.32 Å². The van der Waals surface area contributed by atoms with Crippen molar-refractivity contribution >= 4 is 21.4 Å². The summed E-state index contributed by atoms with van der Waals surface area (Å²) in [4.78, 5) is 0. The van der Waals surface area contributed by atoms with Crippen LogP contribution in [0.2, 0.25) is 0 Å². The van der Waals surface area contributed by atoms with Crippen LogP contribution in [-0.4, -0.2) is 25.7 Å². The van der Waals surface area contributed by atoms with Crippen molar-refractivity contribution in [3.63, 3.8) is 0 Å². The van der Waals surface area contributed by atoms with E-state index < -0.39 is 0 Å². The van der Waals surface area contributed by atoms with Gasteiger partial charge in [0.05, 0.1) is 12.2 Å². The molecule has 2 heterocycles. The molecule has 0 atom stereocenters. The van der Waals surface area contributed by atoms with Crippen LogP contribution in [0.4, 0.5) is 0 Å². The highest BCUT2D eigenvalue weighted by atomic mass is 32.1. The van der Waals surface area contributed by atoms with E-state index in [4.69, 9.17) is 0 Å². The van der Waals surface area contributed by atoms with Gasteiger partial charge in [-0.1, -0.05) is 0 Å². The van der Waals surface area contributed by atoms with Gasteiger partial charge in [0.2, 0.25) is 0 Å². The van der Waals surface area contributed by atoms with Crippen molar-refractivity contribution in [2.75, 3.05) is 0 Å². The van der Waals surface area contributed by atoms with Gasteiger partial charge in [0.25, 0.3) is 0 Å². The molecule has 0 spiro atoms. The monoisotopic (exact) mass is 287 g/mol. The van der Waals surface area contributed by atoms with Crippen LogP contribution in [0.25, 0.3) is 15.8 Å². The van der Waals surface area contributed by atoms with Gasteiger partial charge in [-0.05, 0) is 66.2 Å². The predicted molar refractivity (Wildman–Crippen MR) is 81.1 cm³/mol. The van der Waals surface area contributed by atoms with Crippen molar-refractivity contribution < 1.29 is 0 Å². The molecule has 104 valence electrons. The van der Waals surface area contributed by atoms with Gasteiger partial charge in [-0.25, -0.2) is 0 Å². The minimum absolute atomic E-state index is 0.0358. The first-order valence-electron chi connectivity index (χ1n) is 6.53. The van der Waals surface area contributed by atoms with Crippen LogP contribution in [0, 0.1) is 0 Å². The fraction of sp³-hybridized carbons (Fsp3) is 0.357. The number of benzene rings is 1. The number of aromatic nitrogens is 4. The average molecular weight is 287 g/mol. The van der Waals surface area contributed by atoms with Gasteiger partial charge in [-0.2, -0.15) is 4.68 Å². The van der Waals surface area contributed by atoms with E-state index in [2.05, 4.69) is 71.3 Å². The van der Waals surface area contributed by atoms with E-state index in [1.165, 1.54) is 10.1 Å². The van der Waals surface area contributed by atoms with Crippen LogP contribution in [0.15, 0.2) is 29.6 Å². The van der Waals surface area contributed by atoms with Gasteiger partial charge in [-0.15, -0.1) is 16.4 Å². The maximum atomic E-state index is 4.11. The van der Waals surface area contributed by atoms with Crippen molar-refractivity contribution in [3.8, 4) is 5.69 Å². The van der Waals surface area contributed by atoms with Crippen molar-refractivity contribution in [1.29, 1.82) is 0 Å². The van der Waals surface area contributed by atoms with E-state index >= 15 is 0 Å². The zero-order chi connectivity index (χ0) is 14.2. The molecular weight excluding hydrogens is 270 g/mol. The lowest BCUT2D eigenvalue weighted by Gasteiger charge is -2.19. The van der Waals surface area contributed by atoms with Crippen LogP contribution in [-0.2, 0) is 6.54 Å². The molecule has 1 aromatic carbocycles. The van der Waals surface area contributed by atoms with E-state index in [0.29, 0.717) is 6.54 Å². The maximum absolute atomic E-state index is 4.11. The quantitative estimate of drug-likeness (QED) is 0.805. The Kier molecular flexibility index (Phi) is 3.27. The van der Waals surface area contributed by atoms with Gasteiger partial charge >= 0.3 is 0 Å². The fourth-order valence-electron chi connectivity index (χ4n) is 1.95. The standard InChI is InChI=1S/C14H17N5S/c1-14(2,3)15-9-13-16-17-18-19(13)11-4-5-12-10(8-11)6-7-20-12/h4-8,15H,9H2,1-3H3. The second kappa shape index (κ2) is 4.96. The van der Waals surface area contributed by atoms with E-state index in [0.717, 1.165) is 11.5 Å². The third kappa shape index (κ3) is 2.71. The van der Waals surface area contributed by atoms with Crippen LogP contribution in [0.1, 0.15) is 26.6 Å². The Morgan fingerprint density at radius 3 is 2.90 bits per heavy atom. The van der Waals surface area contributed by atoms with Crippen molar-refractivity contribution in [2.45, 2.75) is 32.9 Å². The zero-order valence-electron chi connectivity index (χ0n) is 11.8. The van der Waals surface area contributed by atoms with E-state index in [1.807, 2.05) is 0 Å². The summed E-state index contributed by atoms with van der Waals surface area (Å²) in [6.07, 6.45) is 0. The van der Waals surface area contributed by atoms with Crippen LogP contribution in [0.5, 0.6) is 0 Å². The molecule has 0 fully saturated rings. The molecule has 3 rings (SSSR count). The Morgan fingerprint density at radius 2 is 2.10 bits per heavy atom. The van der Waals surface area contributed by atoms with Crippen molar-refractivity contribution in [1.82, 2.24) is 25.5 Å². The number of fused-ring (bicyclic) bond motifs is 1. The molecular formula is C14H17N5S. The number of thiophene rings is 1. The van der Waals surface area contributed by atoms with Crippen molar-refractivity contribution in [3.05, 3.63) is 35.5 Å². The third-order valence-electron chi connectivity index (χ3n) is 2.99. The smallest absolute Gasteiger partial charge is 0.170 e. The first kappa shape index (κ1) is 13.2. The molecule has 20 heavy (non-hydrogen) atoms. The Bertz CT molecular complexity index is 722. The van der Waals surface area contributed by atoms with E-state index in [1.54, 1.807) is 16.0 Å². The van der Waals surface area contributed by atoms with Gasteiger partial charge in [-0.3, -0.25) is 0 Å². The Balaban J connectivity index is 1.92. The highest BCUT2D eigenvalue weighted by Crippen LogP contribution is 2.23. The Hall–Kier alpha value is -1.79. The van der Waals surface area contributed by atoms with E-state index in [-0.39, 0.29) is 5.54 Å². The minimum atomic E-state index is 0.0358. The number of nitrogens with one attached hydrogen (secondary N) is 1. The van der Waals surface area contributed by atoms with Crippen LogP contribution >= 0.6 is 11.3 Å². The molecule has 2 aromatic heterocycles. The number of nitrogens with zero attached hydrogens (tertiary/aromatic N) is 4. The summed E-state index contributed by atoms with van der Waals surface area (Å²) in [5, 5.41) is 18.7. The molecule has 0 amide bonds. The predicted octanol–water partition coefficient (Wildman–Crippen LogP) is 2.77. The molecule has 0 aliphatic carbocycles. The number of rotatable bonds is 3. The molecule has 0 saturated carbocycles. The minimum Gasteiger partial charge on any atom is -0.305 e. The lowest BCUT2D eigenvalue weighted by molar-refractivity contribution is 0.415. The van der Waals surface area contributed by atoms with Gasteiger partial charge in [0, 0.05) is 10.2 Å². The highest BCUT2D eigenvalue weighted by Gasteiger charge is 2.13. The molecule has 3 aromatic rings. The number of hydrogen-bond acceptors (Lipinski definition) is 5. The second-order valence-electron chi connectivity index (χ2n) is 5.75. The summed E-state index contributed by atoms with van der Waals surface area (Å²) < 4.78 is 3.06. The summed E-state index contributed by atoms with van der Waals surface area (Å²) in [7, 11) is 0. The molecule has 0 aliphatic heterocycles. The molecule has 0 radical (unpaired) electrons. The van der Waals surface area contributed by atoms with E-state index in [9.17, 15) is 0 Å². The third-order valence-corrected chi connectivity index (χ3v) is 3.89. The summed E-state index contributed by atoms with van der Waals surface area (Å²) in [5.41, 5.74) is 1.03. The summed E-state index contributed by atoms with van der Waals surface area (Å²) in [6, 6.07) is 8.39. The summed E-state index contributed by atoms with van der Waals surface area (Å²) >= 11 is 1.74. The molecule has 0 bridgehead atoms. The summed E-state index contributed by atoms with van der Waals surface area (Å²) in [6.45, 7) is 7.01. The number of hydrogen-bond donors (Lipinski definition) is 1. The molecule has 6 heteroatoms. The lowest BCUT2D eigenvalue weighted by atomic mass is 10.1. The number of tetrazole rings is 1. The SMILES string of the molecule is CC(C)(C)NCc1nnnn1-c1ccc2sccc2c1. The van der Waals surface area contributed by atoms with Crippen LogP contribution < -0.4 is 5.32 Å². The van der Waals surface area contributed by atoms with Gasteiger partial charge in [0.1, 0.15) is 0 Å². The highest BCUT2D eigenvalue weighted by molar-refractivity contribution is 7.17. The Morgan fingerprint density at radius 1 is 1.25 bits per heavy atom. The van der Waals surface area contributed by atoms with Gasteiger partial charge in [0.15, 0.2) is 5.82 Å². The zero-order valence-corrected chi connectivity index (χ0v) is 12.6. The Labute approximate surface area is 121 Å². The second-order valence-corrected chi connectivity index (χ2v) is 6.70. The van der Waals surface area contributed by atoms with Crippen LogP contribution in [0.3, 0.4) is 0 Å². The molecule has 0 unspecified atom stereocenters. The van der Waals surface area contributed by atoms with Crippen molar-refractivity contribution in [2.24, 2.45) is 0 Å². The first-order chi connectivity index (χ1) is 9.53. The largest absolute Gasteiger partial charge is 0.305 e. The average Bonchev–Trinajstić information content (AvgIpc) is 3.03. The normalized spacial score (nSPS) is 12.2.